The van der Waals surface area contributed by atoms with E-state index >= 15 is 0 Å². The molecule has 14 nitrogen and oxygen atoms in total. The summed E-state index contributed by atoms with van der Waals surface area (Å²) in [7, 11) is -2.83. The molecule has 2 heterocycles. The number of rotatable bonds is 13. The molecule has 2 fully saturated rings. The standard InChI is InChI=1S/C50H55N5O9S/c1-9-34-29-50(34,46(58)54-65(60,61)37-23-20-32(21-24-37)31-16-12-10-13-17-31)53-44(56)41-27-36(30-55(41)45(57)43(48(2,3)4)52-47(59)64-49(5,6)7)63-42-28-39(33-18-14-11-15-19-33)51-40-26-35(62-8)22-25-38(40)42/h9-26,28,34,36,41,43H,1,27,29-30H2,2-8H3,(H,52,59)(H,53,56)(H,54,58)/t34-,36-,41+,43-,50-/m1/s1. The number of alkyl carbamates (subject to hydrolysis) is 1. The first-order valence-corrected chi connectivity index (χ1v) is 22.9. The first kappa shape index (κ1) is 46.3. The van der Waals surface area contributed by atoms with Gasteiger partial charge in [-0.2, -0.15) is 0 Å². The van der Waals surface area contributed by atoms with Gasteiger partial charge < -0.3 is 29.7 Å². The van der Waals surface area contributed by atoms with E-state index in [1.165, 1.54) is 23.1 Å². The van der Waals surface area contributed by atoms with E-state index in [0.717, 1.165) is 16.7 Å². The number of nitrogens with one attached hydrogen (secondary N) is 3. The zero-order chi connectivity index (χ0) is 46.9. The topological polar surface area (TPSA) is 182 Å². The Morgan fingerprint density at radius 1 is 0.862 bits per heavy atom. The molecule has 7 rings (SSSR count). The van der Waals surface area contributed by atoms with Crippen LogP contribution in [0.3, 0.4) is 0 Å². The lowest BCUT2D eigenvalue weighted by Gasteiger charge is -2.36. The first-order valence-electron chi connectivity index (χ1n) is 21.4. The lowest BCUT2D eigenvalue weighted by molar-refractivity contribution is -0.143. The summed E-state index contributed by atoms with van der Waals surface area (Å²) in [4.78, 5) is 63.0. The predicted octanol–water partition coefficient (Wildman–Crippen LogP) is 7.43. The van der Waals surface area contributed by atoms with Crippen molar-refractivity contribution < 1.29 is 41.8 Å². The highest BCUT2D eigenvalue weighted by Crippen LogP contribution is 2.45. The number of pyridine rings is 1. The van der Waals surface area contributed by atoms with Crippen molar-refractivity contribution in [3.8, 4) is 33.9 Å². The molecule has 0 radical (unpaired) electrons. The summed E-state index contributed by atoms with van der Waals surface area (Å²) < 4.78 is 47.3. The third kappa shape index (κ3) is 10.3. The van der Waals surface area contributed by atoms with Gasteiger partial charge in [0.15, 0.2) is 0 Å². The number of benzene rings is 4. The summed E-state index contributed by atoms with van der Waals surface area (Å²) in [6.45, 7) is 14.2. The van der Waals surface area contributed by atoms with E-state index in [0.29, 0.717) is 28.1 Å². The van der Waals surface area contributed by atoms with Gasteiger partial charge in [-0.1, -0.05) is 99.6 Å². The van der Waals surface area contributed by atoms with Crippen molar-refractivity contribution in [2.45, 2.75) is 88.6 Å². The van der Waals surface area contributed by atoms with Crippen LogP contribution in [0.2, 0.25) is 0 Å². The van der Waals surface area contributed by atoms with Crippen LogP contribution in [0.25, 0.3) is 33.3 Å². The molecule has 340 valence electrons. The molecule has 1 aliphatic heterocycles. The SMILES string of the molecule is C=C[C@@H]1C[C@]1(NC(=O)[C@@H]1C[C@@H](Oc2cc(-c3ccccc3)nc3cc(OC)ccc23)CN1C(=O)[C@@H](NC(=O)OC(C)(C)C)C(C)(C)C)C(=O)NS(=O)(=O)c1ccc(-c2ccccc2)cc1. The van der Waals surface area contributed by atoms with E-state index in [1.807, 2.05) is 66.7 Å². The molecule has 0 unspecified atom stereocenters. The van der Waals surface area contributed by atoms with E-state index in [1.54, 1.807) is 79.0 Å². The molecule has 15 heteroatoms. The monoisotopic (exact) mass is 901 g/mol. The van der Waals surface area contributed by atoms with Crippen LogP contribution in [0, 0.1) is 11.3 Å². The fraction of sp³-hybridized carbons (Fsp3) is 0.340. The van der Waals surface area contributed by atoms with Gasteiger partial charge >= 0.3 is 6.09 Å². The second-order valence-electron chi connectivity index (χ2n) is 18.5. The molecule has 5 aromatic rings. The molecule has 5 atom stereocenters. The van der Waals surface area contributed by atoms with Gasteiger partial charge in [0, 0.05) is 35.4 Å². The second-order valence-corrected chi connectivity index (χ2v) is 20.2. The van der Waals surface area contributed by atoms with Crippen LogP contribution in [0.5, 0.6) is 11.5 Å². The summed E-state index contributed by atoms with van der Waals surface area (Å²) in [6.07, 6.45) is -0.0598. The number of aromatic nitrogens is 1. The fourth-order valence-electron chi connectivity index (χ4n) is 8.02. The Balaban J connectivity index is 1.19. The number of ether oxygens (including phenoxy) is 3. The second kappa shape index (κ2) is 18.0. The van der Waals surface area contributed by atoms with Crippen LogP contribution in [-0.2, 0) is 29.1 Å². The first-order chi connectivity index (χ1) is 30.7. The van der Waals surface area contributed by atoms with E-state index in [2.05, 4.69) is 21.9 Å². The maximum absolute atomic E-state index is 14.8. The Hall–Kier alpha value is -6.74. The van der Waals surface area contributed by atoms with Crippen LogP contribution in [0.15, 0.2) is 127 Å². The van der Waals surface area contributed by atoms with Crippen LogP contribution in [-0.4, -0.2) is 85.1 Å². The van der Waals surface area contributed by atoms with Gasteiger partial charge in [0.25, 0.3) is 15.9 Å². The lowest BCUT2D eigenvalue weighted by Crippen LogP contribution is -2.60. The highest BCUT2D eigenvalue weighted by atomic mass is 32.2. The molecule has 4 amide bonds. The molecule has 0 spiro atoms. The van der Waals surface area contributed by atoms with Crippen LogP contribution in [0.1, 0.15) is 54.4 Å². The van der Waals surface area contributed by atoms with Crippen LogP contribution >= 0.6 is 0 Å². The number of hydrogen-bond donors (Lipinski definition) is 3. The van der Waals surface area contributed by atoms with E-state index in [4.69, 9.17) is 19.2 Å². The third-order valence-electron chi connectivity index (χ3n) is 11.5. The molecule has 1 aromatic heterocycles. The van der Waals surface area contributed by atoms with Gasteiger partial charge in [-0.15, -0.1) is 6.58 Å². The minimum atomic E-state index is -4.39. The quantitative estimate of drug-likeness (QED) is 0.101. The number of fused-ring (bicyclic) bond motifs is 1. The molecule has 1 saturated carbocycles. The highest BCUT2D eigenvalue weighted by molar-refractivity contribution is 7.90. The number of methoxy groups -OCH3 is 1. The molecule has 65 heavy (non-hydrogen) atoms. The Morgan fingerprint density at radius 2 is 1.49 bits per heavy atom. The van der Waals surface area contributed by atoms with Crippen molar-refractivity contribution in [2.75, 3.05) is 13.7 Å². The van der Waals surface area contributed by atoms with Crippen LogP contribution < -0.4 is 24.8 Å². The van der Waals surface area contributed by atoms with E-state index < -0.39 is 74.5 Å². The average molecular weight is 902 g/mol. The Kier molecular flexibility index (Phi) is 12.8. The van der Waals surface area contributed by atoms with Crippen molar-refractivity contribution >= 4 is 44.7 Å². The van der Waals surface area contributed by atoms with E-state index in [9.17, 15) is 27.6 Å². The van der Waals surface area contributed by atoms with Crippen molar-refractivity contribution in [1.82, 2.24) is 25.2 Å². The molecule has 4 aromatic carbocycles. The van der Waals surface area contributed by atoms with Crippen molar-refractivity contribution in [3.05, 3.63) is 122 Å². The zero-order valence-electron chi connectivity index (χ0n) is 37.6. The van der Waals surface area contributed by atoms with E-state index in [-0.39, 0.29) is 24.3 Å². The highest BCUT2D eigenvalue weighted by Gasteiger charge is 2.61. The molecule has 1 aliphatic carbocycles. The van der Waals surface area contributed by atoms with Crippen molar-refractivity contribution in [2.24, 2.45) is 11.3 Å². The number of sulfonamides is 1. The number of carbonyl (C=O) groups excluding carboxylic acids is 4. The smallest absolute Gasteiger partial charge is 0.408 e. The fourth-order valence-corrected chi connectivity index (χ4v) is 9.06. The van der Waals surface area contributed by atoms with Crippen molar-refractivity contribution in [1.29, 1.82) is 0 Å². The summed E-state index contributed by atoms with van der Waals surface area (Å²) in [5, 5.41) is 6.23. The maximum Gasteiger partial charge on any atom is 0.408 e. The molecule has 1 saturated heterocycles. The minimum absolute atomic E-state index is 0.0238. The number of amides is 4. The summed E-state index contributed by atoms with van der Waals surface area (Å²) in [6, 6.07) is 29.9. The van der Waals surface area contributed by atoms with Gasteiger partial charge in [0.2, 0.25) is 11.8 Å². The van der Waals surface area contributed by atoms with Gasteiger partial charge in [0.05, 0.1) is 29.8 Å². The summed E-state index contributed by atoms with van der Waals surface area (Å²) >= 11 is 0. The largest absolute Gasteiger partial charge is 0.497 e. The number of hydrogen-bond acceptors (Lipinski definition) is 10. The van der Waals surface area contributed by atoms with Gasteiger partial charge in [-0.3, -0.25) is 14.4 Å². The Bertz CT molecular complexity index is 2720. The normalized spacial score (nSPS) is 20.0. The lowest BCUT2D eigenvalue weighted by atomic mass is 9.85. The maximum atomic E-state index is 14.8. The molecule has 2 aliphatic rings. The third-order valence-corrected chi connectivity index (χ3v) is 12.9. The molecular formula is C50H55N5O9S. The van der Waals surface area contributed by atoms with Crippen molar-refractivity contribution in [3.63, 3.8) is 0 Å². The summed E-state index contributed by atoms with van der Waals surface area (Å²) in [5.74, 6) is -1.83. The molecule has 0 bridgehead atoms. The minimum Gasteiger partial charge on any atom is -0.497 e. The number of carbonyl (C=O) groups is 4. The number of likely N-dealkylation sites (tertiary alicyclic amines) is 1. The summed E-state index contributed by atoms with van der Waals surface area (Å²) in [5.41, 5.74) is 0.313. The molecular weight excluding hydrogens is 847 g/mol. The van der Waals surface area contributed by atoms with Crippen LogP contribution in [0.4, 0.5) is 4.79 Å². The number of nitrogens with zero attached hydrogens (tertiary/aromatic N) is 2. The predicted molar refractivity (Wildman–Crippen MR) is 247 cm³/mol. The van der Waals surface area contributed by atoms with Gasteiger partial charge in [0.1, 0.15) is 40.8 Å². The Labute approximate surface area is 379 Å². The average Bonchev–Trinajstić information content (AvgIpc) is 3.83. The van der Waals surface area contributed by atoms with Gasteiger partial charge in [-0.05, 0) is 68.0 Å². The Morgan fingerprint density at radius 3 is 2.08 bits per heavy atom. The zero-order valence-corrected chi connectivity index (χ0v) is 38.4. The molecule has 3 N–H and O–H groups in total. The van der Waals surface area contributed by atoms with Gasteiger partial charge in [-0.25, -0.2) is 22.9 Å².